The van der Waals surface area contributed by atoms with Crippen LogP contribution in [0.1, 0.15) is 32.3 Å². The second kappa shape index (κ2) is 8.50. The molecule has 1 saturated heterocycles. The molecule has 10 heteroatoms. The highest BCUT2D eigenvalue weighted by Gasteiger charge is 2.53. The first-order valence-electron chi connectivity index (χ1n) is 10.4. The maximum Gasteiger partial charge on any atom is 0.573 e. The Morgan fingerprint density at radius 2 is 1.94 bits per heavy atom. The number of carbonyl (C=O) groups excluding carboxylic acids is 1. The minimum atomic E-state index is -4.71. The van der Waals surface area contributed by atoms with Gasteiger partial charge in [0.1, 0.15) is 5.75 Å². The number of halogens is 3. The summed E-state index contributed by atoms with van der Waals surface area (Å²) < 4.78 is 46.3. The molecule has 0 radical (unpaired) electrons. The molecule has 4 rings (SSSR count). The van der Waals surface area contributed by atoms with E-state index in [-0.39, 0.29) is 17.4 Å². The Labute approximate surface area is 184 Å². The van der Waals surface area contributed by atoms with Crippen LogP contribution >= 0.6 is 0 Å². The van der Waals surface area contributed by atoms with Crippen molar-refractivity contribution in [1.82, 2.24) is 9.88 Å². The second-order valence-electron chi connectivity index (χ2n) is 8.42. The summed E-state index contributed by atoms with van der Waals surface area (Å²) >= 11 is 0. The molecule has 2 fully saturated rings. The Balaban J connectivity index is 1.45. The number of amides is 1. The van der Waals surface area contributed by atoms with Crippen molar-refractivity contribution < 1.29 is 27.4 Å². The molecule has 7 nitrogen and oxygen atoms in total. The van der Waals surface area contributed by atoms with Gasteiger partial charge in [0.05, 0.1) is 24.7 Å². The van der Waals surface area contributed by atoms with Gasteiger partial charge in [0.2, 0.25) is 0 Å². The van der Waals surface area contributed by atoms with Crippen molar-refractivity contribution in [3.8, 4) is 5.75 Å². The number of rotatable bonds is 6. The van der Waals surface area contributed by atoms with Crippen LogP contribution in [0.3, 0.4) is 0 Å². The summed E-state index contributed by atoms with van der Waals surface area (Å²) in [6.45, 7) is 5.57. The smallest absolute Gasteiger partial charge is 0.447 e. The third-order valence-electron chi connectivity index (χ3n) is 5.61. The summed E-state index contributed by atoms with van der Waals surface area (Å²) in [6.07, 6.45) is -0.0963. The summed E-state index contributed by atoms with van der Waals surface area (Å²) in [6, 6.07) is 7.81. The number of anilines is 2. The largest absolute Gasteiger partial charge is 0.573 e. The molecule has 32 heavy (non-hydrogen) atoms. The van der Waals surface area contributed by atoms with Gasteiger partial charge in [0.25, 0.3) is 0 Å². The molecular weight excluding hydrogens is 425 g/mol. The van der Waals surface area contributed by atoms with Gasteiger partial charge in [-0.05, 0) is 62.6 Å². The molecule has 2 aromatic rings. The van der Waals surface area contributed by atoms with E-state index >= 15 is 0 Å². The Kier molecular flexibility index (Phi) is 5.89. The molecule has 1 aliphatic heterocycles. The molecule has 1 aliphatic carbocycles. The van der Waals surface area contributed by atoms with E-state index in [1.54, 1.807) is 38.4 Å². The van der Waals surface area contributed by atoms with E-state index in [4.69, 9.17) is 4.74 Å². The van der Waals surface area contributed by atoms with Gasteiger partial charge < -0.3 is 14.4 Å². The van der Waals surface area contributed by atoms with Crippen molar-refractivity contribution in [2.45, 2.75) is 51.2 Å². The van der Waals surface area contributed by atoms with Crippen LogP contribution < -0.4 is 15.0 Å². The van der Waals surface area contributed by atoms with Crippen LogP contribution in [0.2, 0.25) is 0 Å². The average Bonchev–Trinajstić information content (AvgIpc) is 3.38. The monoisotopic (exact) mass is 450 g/mol. The fourth-order valence-electron chi connectivity index (χ4n) is 3.96. The zero-order valence-electron chi connectivity index (χ0n) is 17.9. The molecule has 1 aromatic carbocycles. The van der Waals surface area contributed by atoms with Gasteiger partial charge >= 0.3 is 12.5 Å². The Bertz CT molecular complexity index is 962. The topological polar surface area (TPSA) is 66.9 Å². The molecule has 1 amide bonds. The zero-order chi connectivity index (χ0) is 22.9. The molecule has 0 atom stereocenters. The molecule has 172 valence electrons. The molecule has 2 heterocycles. The molecule has 0 unspecified atom stereocenters. The predicted molar refractivity (Wildman–Crippen MR) is 112 cm³/mol. The predicted octanol–water partition coefficient (Wildman–Crippen LogP) is 4.75. The molecule has 1 saturated carbocycles. The highest BCUT2D eigenvalue weighted by molar-refractivity contribution is 5.85. The Hall–Kier alpha value is -3.01. The number of hydrogen-bond donors (Lipinski definition) is 1. The van der Waals surface area contributed by atoms with Gasteiger partial charge in [-0.15, -0.1) is 13.2 Å². The third kappa shape index (κ3) is 5.24. The van der Waals surface area contributed by atoms with E-state index < -0.39 is 12.5 Å². The Morgan fingerprint density at radius 3 is 2.56 bits per heavy atom. The first kappa shape index (κ1) is 22.2. The Morgan fingerprint density at radius 1 is 1.22 bits per heavy atom. The van der Waals surface area contributed by atoms with Gasteiger partial charge in [0, 0.05) is 30.5 Å². The van der Waals surface area contributed by atoms with E-state index in [9.17, 15) is 18.0 Å². The van der Waals surface area contributed by atoms with Crippen LogP contribution in [0.15, 0.2) is 42.7 Å². The first-order chi connectivity index (χ1) is 15.1. The lowest BCUT2D eigenvalue weighted by Gasteiger charge is -2.24. The van der Waals surface area contributed by atoms with Crippen molar-refractivity contribution in [2.24, 2.45) is 0 Å². The van der Waals surface area contributed by atoms with Gasteiger partial charge in [0.15, 0.2) is 0 Å². The van der Waals surface area contributed by atoms with Crippen LogP contribution in [0, 0.1) is 0 Å². The number of pyridine rings is 1. The maximum atomic E-state index is 12.4. The van der Waals surface area contributed by atoms with Gasteiger partial charge in [-0.1, -0.05) is 0 Å². The molecular formula is C22H25F3N4O3. The van der Waals surface area contributed by atoms with Gasteiger partial charge in [-0.2, -0.15) is 0 Å². The highest BCUT2D eigenvalue weighted by Crippen LogP contribution is 2.48. The van der Waals surface area contributed by atoms with E-state index in [1.165, 1.54) is 12.1 Å². The quantitative estimate of drug-likeness (QED) is 0.685. The summed E-state index contributed by atoms with van der Waals surface area (Å²) in [7, 11) is 0. The number of aromatic nitrogens is 1. The lowest BCUT2D eigenvalue weighted by atomic mass is 10.1. The molecule has 0 bridgehead atoms. The minimum absolute atomic E-state index is 0.0279. The van der Waals surface area contributed by atoms with Crippen LogP contribution in [0.4, 0.5) is 29.3 Å². The lowest BCUT2D eigenvalue weighted by Crippen LogP contribution is -2.32. The van der Waals surface area contributed by atoms with Crippen LogP contribution in [0.25, 0.3) is 0 Å². The van der Waals surface area contributed by atoms with Crippen molar-refractivity contribution >= 4 is 17.5 Å². The van der Waals surface area contributed by atoms with E-state index in [0.717, 1.165) is 30.6 Å². The standard InChI is InChI=1S/C22H25F3N4O3/c1-15(2)31-20(30)27-19-11-26-10-7-16(19)12-29-14-28(13-21(29)8-9-21)17-3-5-18(6-4-17)32-22(23,24)25/h3-7,10-11,15H,8-9,12-14H2,1-2H3,(H,27,30). The number of nitrogens with zero attached hydrogens (tertiary/aromatic N) is 3. The number of alkyl halides is 3. The van der Waals surface area contributed by atoms with E-state index in [2.05, 4.69) is 24.8 Å². The number of ether oxygens (including phenoxy) is 2. The fourth-order valence-corrected chi connectivity index (χ4v) is 3.96. The minimum Gasteiger partial charge on any atom is -0.447 e. The third-order valence-corrected chi connectivity index (χ3v) is 5.61. The second-order valence-corrected chi connectivity index (χ2v) is 8.42. The number of hydrogen-bond acceptors (Lipinski definition) is 6. The van der Waals surface area contributed by atoms with E-state index in [1.807, 2.05) is 6.07 Å². The molecule has 1 aromatic heterocycles. The molecule has 1 spiro atoms. The van der Waals surface area contributed by atoms with Crippen molar-refractivity contribution in [1.29, 1.82) is 0 Å². The van der Waals surface area contributed by atoms with Gasteiger partial charge in [-0.3, -0.25) is 15.2 Å². The first-order valence-corrected chi connectivity index (χ1v) is 10.4. The highest BCUT2D eigenvalue weighted by atomic mass is 19.4. The molecule has 1 N–H and O–H groups in total. The summed E-state index contributed by atoms with van der Waals surface area (Å²) in [5, 5.41) is 2.76. The summed E-state index contributed by atoms with van der Waals surface area (Å²) in [5.41, 5.74) is 2.38. The number of carbonyl (C=O) groups is 1. The summed E-state index contributed by atoms with van der Waals surface area (Å²) in [4.78, 5) is 20.6. The van der Waals surface area contributed by atoms with Crippen molar-refractivity contribution in [3.63, 3.8) is 0 Å². The number of nitrogens with one attached hydrogen (secondary N) is 1. The average molecular weight is 450 g/mol. The maximum absolute atomic E-state index is 12.4. The van der Waals surface area contributed by atoms with Crippen molar-refractivity contribution in [3.05, 3.63) is 48.3 Å². The number of benzene rings is 1. The van der Waals surface area contributed by atoms with Crippen LogP contribution in [0.5, 0.6) is 5.75 Å². The van der Waals surface area contributed by atoms with Crippen LogP contribution in [-0.4, -0.2) is 47.2 Å². The van der Waals surface area contributed by atoms with Crippen LogP contribution in [-0.2, 0) is 11.3 Å². The summed E-state index contributed by atoms with van der Waals surface area (Å²) in [5.74, 6) is -0.237. The molecule has 2 aliphatic rings. The normalized spacial score (nSPS) is 17.6. The lowest BCUT2D eigenvalue weighted by molar-refractivity contribution is -0.274. The SMILES string of the molecule is CC(C)OC(=O)Nc1cnccc1CN1CN(c2ccc(OC(F)(F)F)cc2)CC12CC2. The zero-order valence-corrected chi connectivity index (χ0v) is 17.9. The fraction of sp³-hybridized carbons (Fsp3) is 0.455. The van der Waals surface area contributed by atoms with Crippen molar-refractivity contribution in [2.75, 3.05) is 23.4 Å². The van der Waals surface area contributed by atoms with Gasteiger partial charge in [-0.25, -0.2) is 4.79 Å². The van der Waals surface area contributed by atoms with E-state index in [0.29, 0.717) is 18.9 Å².